The Hall–Kier alpha value is -2.77. The lowest BCUT2D eigenvalue weighted by molar-refractivity contribution is -0.121. The van der Waals surface area contributed by atoms with Crippen molar-refractivity contribution < 1.29 is 19.1 Å². The number of ether oxygens (including phenoxy) is 2. The molecule has 2 unspecified atom stereocenters. The van der Waals surface area contributed by atoms with Crippen molar-refractivity contribution in [3.63, 3.8) is 0 Å². The van der Waals surface area contributed by atoms with E-state index in [2.05, 4.69) is 10.6 Å². The van der Waals surface area contributed by atoms with Crippen LogP contribution in [0.1, 0.15) is 25.7 Å². The number of nitrogens with two attached hydrogens (primary N) is 1. The van der Waals surface area contributed by atoms with E-state index in [-0.39, 0.29) is 42.8 Å². The molecule has 7 nitrogen and oxygen atoms in total. The highest BCUT2D eigenvalue weighted by Gasteiger charge is 2.25. The smallest absolute Gasteiger partial charge is 0.262 e. The van der Waals surface area contributed by atoms with Crippen molar-refractivity contribution in [2.75, 3.05) is 24.4 Å². The summed E-state index contributed by atoms with van der Waals surface area (Å²) in [6.07, 6.45) is 3.52. The molecule has 0 bridgehead atoms. The summed E-state index contributed by atoms with van der Waals surface area (Å²) in [5.74, 6) is 0.663. The van der Waals surface area contributed by atoms with Crippen LogP contribution in [0.5, 0.6) is 11.5 Å². The van der Waals surface area contributed by atoms with Crippen LogP contribution in [0.2, 0.25) is 0 Å². The van der Waals surface area contributed by atoms with E-state index in [0.717, 1.165) is 19.3 Å². The van der Waals surface area contributed by atoms with Crippen LogP contribution in [0.25, 0.3) is 0 Å². The summed E-state index contributed by atoms with van der Waals surface area (Å²) in [7, 11) is 1.54. The second-order valence-electron chi connectivity index (χ2n) is 7.18. The van der Waals surface area contributed by atoms with Crippen molar-refractivity contribution in [3.05, 3.63) is 48.5 Å². The highest BCUT2D eigenvalue weighted by atomic mass is 35.5. The van der Waals surface area contributed by atoms with Crippen molar-refractivity contribution in [2.24, 2.45) is 11.7 Å². The average molecular weight is 434 g/mol. The Bertz CT molecular complexity index is 862. The molecule has 30 heavy (non-hydrogen) atoms. The van der Waals surface area contributed by atoms with Gasteiger partial charge in [-0.2, -0.15) is 0 Å². The van der Waals surface area contributed by atoms with Crippen LogP contribution in [0.4, 0.5) is 11.4 Å². The number of benzene rings is 2. The SMILES string of the molecule is COc1ccccc1OCC(=O)Nc1cccc(NC(=O)C2CCCC(N)C2)c1.Cl. The summed E-state index contributed by atoms with van der Waals surface area (Å²) < 4.78 is 10.7. The Morgan fingerprint density at radius 1 is 1.03 bits per heavy atom. The third-order valence-corrected chi connectivity index (χ3v) is 4.93. The van der Waals surface area contributed by atoms with Gasteiger partial charge in [0.15, 0.2) is 18.1 Å². The number of anilines is 2. The van der Waals surface area contributed by atoms with Gasteiger partial charge in [0, 0.05) is 23.3 Å². The van der Waals surface area contributed by atoms with E-state index in [0.29, 0.717) is 29.3 Å². The van der Waals surface area contributed by atoms with Crippen LogP contribution in [0, 0.1) is 5.92 Å². The van der Waals surface area contributed by atoms with E-state index >= 15 is 0 Å². The van der Waals surface area contributed by atoms with Crippen LogP contribution in [-0.4, -0.2) is 31.6 Å². The highest BCUT2D eigenvalue weighted by molar-refractivity contribution is 5.95. The Balaban J connectivity index is 0.00000320. The minimum atomic E-state index is -0.308. The molecule has 3 rings (SSSR count). The first-order valence-electron chi connectivity index (χ1n) is 9.77. The van der Waals surface area contributed by atoms with Crippen molar-refractivity contribution in [2.45, 2.75) is 31.7 Å². The number of rotatable bonds is 7. The maximum Gasteiger partial charge on any atom is 0.262 e. The molecule has 1 saturated carbocycles. The molecule has 2 atom stereocenters. The minimum Gasteiger partial charge on any atom is -0.493 e. The zero-order valence-electron chi connectivity index (χ0n) is 16.9. The van der Waals surface area contributed by atoms with Crippen LogP contribution in [0.3, 0.4) is 0 Å². The van der Waals surface area contributed by atoms with Gasteiger partial charge < -0.3 is 25.8 Å². The van der Waals surface area contributed by atoms with Crippen LogP contribution >= 0.6 is 12.4 Å². The van der Waals surface area contributed by atoms with Gasteiger partial charge in [0.1, 0.15) is 0 Å². The van der Waals surface area contributed by atoms with E-state index in [1.165, 1.54) is 0 Å². The first-order chi connectivity index (χ1) is 14.0. The first kappa shape index (κ1) is 23.5. The number of halogens is 1. The third kappa shape index (κ3) is 6.64. The predicted octanol–water partition coefficient (Wildman–Crippen LogP) is 3.59. The lowest BCUT2D eigenvalue weighted by Gasteiger charge is -2.25. The second kappa shape index (κ2) is 11.4. The lowest BCUT2D eigenvalue weighted by Crippen LogP contribution is -2.34. The summed E-state index contributed by atoms with van der Waals surface area (Å²) in [4.78, 5) is 24.7. The van der Waals surface area contributed by atoms with Gasteiger partial charge in [0.25, 0.3) is 5.91 Å². The number of carbonyl (C=O) groups excluding carboxylic acids is 2. The number of nitrogens with one attached hydrogen (secondary N) is 2. The fourth-order valence-corrected chi connectivity index (χ4v) is 3.46. The molecule has 0 radical (unpaired) electrons. The maximum absolute atomic E-state index is 12.5. The molecule has 0 spiro atoms. The van der Waals surface area contributed by atoms with Crippen molar-refractivity contribution in [1.29, 1.82) is 0 Å². The summed E-state index contributed by atoms with van der Waals surface area (Å²) in [6, 6.07) is 14.3. The summed E-state index contributed by atoms with van der Waals surface area (Å²) in [6.45, 7) is -0.156. The molecule has 0 aromatic heterocycles. The number of hydrogen-bond acceptors (Lipinski definition) is 5. The van der Waals surface area contributed by atoms with E-state index in [1.54, 1.807) is 49.6 Å². The molecule has 8 heteroatoms. The topological polar surface area (TPSA) is 103 Å². The lowest BCUT2D eigenvalue weighted by atomic mass is 9.85. The Morgan fingerprint density at radius 2 is 1.73 bits per heavy atom. The molecular formula is C22H28ClN3O4. The highest BCUT2D eigenvalue weighted by Crippen LogP contribution is 2.26. The van der Waals surface area contributed by atoms with Gasteiger partial charge >= 0.3 is 0 Å². The maximum atomic E-state index is 12.5. The third-order valence-electron chi connectivity index (χ3n) is 4.93. The normalized spacial score (nSPS) is 17.9. The standard InChI is InChI=1S/C22H27N3O4.ClH/c1-28-19-10-2-3-11-20(19)29-14-21(26)24-17-8-5-9-18(13-17)25-22(27)15-6-4-7-16(23)12-15;/h2-3,5,8-11,13,15-16H,4,6-7,12,14,23H2,1H3,(H,24,26)(H,25,27);1H. The zero-order valence-corrected chi connectivity index (χ0v) is 17.7. The molecule has 0 aliphatic heterocycles. The number of amides is 2. The largest absolute Gasteiger partial charge is 0.493 e. The van der Waals surface area contributed by atoms with Gasteiger partial charge in [0.2, 0.25) is 5.91 Å². The average Bonchev–Trinajstić information content (AvgIpc) is 2.72. The molecule has 4 N–H and O–H groups in total. The first-order valence-corrected chi connectivity index (χ1v) is 9.77. The van der Waals surface area contributed by atoms with Crippen molar-refractivity contribution in [1.82, 2.24) is 0 Å². The molecule has 2 aromatic carbocycles. The fourth-order valence-electron chi connectivity index (χ4n) is 3.46. The monoisotopic (exact) mass is 433 g/mol. The summed E-state index contributed by atoms with van der Waals surface area (Å²) in [5, 5.41) is 5.70. The van der Waals surface area contributed by atoms with E-state index in [1.807, 2.05) is 6.07 Å². The molecule has 0 saturated heterocycles. The Kier molecular flexibility index (Phi) is 8.95. The Labute approximate surface area is 182 Å². The van der Waals surface area contributed by atoms with Gasteiger partial charge in [-0.1, -0.05) is 24.6 Å². The van der Waals surface area contributed by atoms with Crippen LogP contribution in [0.15, 0.2) is 48.5 Å². The van der Waals surface area contributed by atoms with Gasteiger partial charge in [0.05, 0.1) is 7.11 Å². The van der Waals surface area contributed by atoms with E-state index in [4.69, 9.17) is 15.2 Å². The van der Waals surface area contributed by atoms with Gasteiger partial charge in [-0.25, -0.2) is 0 Å². The number of carbonyl (C=O) groups is 2. The van der Waals surface area contributed by atoms with Gasteiger partial charge in [-0.05, 0) is 49.6 Å². The molecule has 1 fully saturated rings. The fraction of sp³-hybridized carbons (Fsp3) is 0.364. The van der Waals surface area contributed by atoms with Crippen molar-refractivity contribution >= 4 is 35.6 Å². The number of para-hydroxylation sites is 2. The van der Waals surface area contributed by atoms with Gasteiger partial charge in [-0.15, -0.1) is 12.4 Å². The summed E-state index contributed by atoms with van der Waals surface area (Å²) >= 11 is 0. The second-order valence-corrected chi connectivity index (χ2v) is 7.18. The predicted molar refractivity (Wildman–Crippen MR) is 119 cm³/mol. The molecular weight excluding hydrogens is 406 g/mol. The molecule has 2 aromatic rings. The Morgan fingerprint density at radius 3 is 2.43 bits per heavy atom. The van der Waals surface area contributed by atoms with E-state index in [9.17, 15) is 9.59 Å². The molecule has 1 aliphatic rings. The molecule has 2 amide bonds. The van der Waals surface area contributed by atoms with Gasteiger partial charge in [-0.3, -0.25) is 9.59 Å². The quantitative estimate of drug-likeness (QED) is 0.619. The molecule has 1 aliphatic carbocycles. The van der Waals surface area contributed by atoms with Crippen LogP contribution in [-0.2, 0) is 9.59 Å². The molecule has 0 heterocycles. The minimum absolute atomic E-state index is 0. The number of methoxy groups -OCH3 is 1. The molecule has 162 valence electrons. The van der Waals surface area contributed by atoms with Crippen molar-refractivity contribution in [3.8, 4) is 11.5 Å². The zero-order chi connectivity index (χ0) is 20.6. The van der Waals surface area contributed by atoms with E-state index < -0.39 is 0 Å². The number of hydrogen-bond donors (Lipinski definition) is 3. The summed E-state index contributed by atoms with van der Waals surface area (Å²) in [5.41, 5.74) is 7.19. The van der Waals surface area contributed by atoms with Crippen LogP contribution < -0.4 is 25.8 Å².